The van der Waals surface area contributed by atoms with Gasteiger partial charge in [0.05, 0.1) is 5.56 Å². The maximum Gasteiger partial charge on any atom is 0.100 e. The summed E-state index contributed by atoms with van der Waals surface area (Å²) in [6.45, 7) is 0. The predicted molar refractivity (Wildman–Crippen MR) is 235 cm³/mol. The lowest BCUT2D eigenvalue weighted by Crippen LogP contribution is -1.92. The smallest absolute Gasteiger partial charge is 0.100 e. The van der Waals surface area contributed by atoms with E-state index < -0.39 is 0 Å². The van der Waals surface area contributed by atoms with Crippen molar-refractivity contribution in [3.8, 4) is 95.1 Å². The Morgan fingerprint density at radius 1 is 0.214 bits per heavy atom. The summed E-state index contributed by atoms with van der Waals surface area (Å²) < 4.78 is 0. The summed E-state index contributed by atoms with van der Waals surface area (Å²) in [6, 6.07) is 81.7. The number of nitriles is 1. The van der Waals surface area contributed by atoms with Crippen molar-refractivity contribution in [1.29, 1.82) is 5.26 Å². The SMILES string of the molecule is N#Cc1c(-c2cccc(-c3cc(-c4ccccc4)cc(-c4ccccc4)c3)c2)cccc1-c1cccc(-c2cc(-c3ccccc3)cc(-c3ccccc3)c2)c1. The highest BCUT2D eigenvalue weighted by Gasteiger charge is 2.15. The normalized spacial score (nSPS) is 10.8. The maximum atomic E-state index is 10.8. The van der Waals surface area contributed by atoms with E-state index in [1.54, 1.807) is 0 Å². The lowest BCUT2D eigenvalue weighted by atomic mass is 9.88. The van der Waals surface area contributed by atoms with E-state index in [0.717, 1.165) is 66.8 Å². The van der Waals surface area contributed by atoms with Crippen LogP contribution in [0.15, 0.2) is 224 Å². The third-order valence-electron chi connectivity index (χ3n) is 10.5. The highest BCUT2D eigenvalue weighted by molar-refractivity contribution is 5.88. The largest absolute Gasteiger partial charge is 0.192 e. The average Bonchev–Trinajstić information content (AvgIpc) is 3.29. The standard InChI is InChI=1S/C55H37N/c56-38-55-53(45-26-13-24-43(30-45)51-34-47(39-16-5-1-6-17-39)32-48(35-51)40-18-7-2-8-19-40)28-15-29-54(55)46-27-14-25-44(31-46)52-36-49(41-20-9-3-10-21-41)33-50(37-52)42-22-11-4-12-23-42/h1-37H. The van der Waals surface area contributed by atoms with Crippen molar-refractivity contribution in [2.45, 2.75) is 0 Å². The molecule has 9 aromatic carbocycles. The molecular weight excluding hydrogens is 675 g/mol. The monoisotopic (exact) mass is 711 g/mol. The second-order valence-electron chi connectivity index (χ2n) is 14.1. The first-order chi connectivity index (χ1) is 27.7. The molecule has 56 heavy (non-hydrogen) atoms. The van der Waals surface area contributed by atoms with Gasteiger partial charge in [-0.15, -0.1) is 0 Å². The zero-order valence-electron chi connectivity index (χ0n) is 30.8. The van der Waals surface area contributed by atoms with E-state index in [4.69, 9.17) is 0 Å². The summed E-state index contributed by atoms with van der Waals surface area (Å²) in [4.78, 5) is 0. The van der Waals surface area contributed by atoms with Crippen molar-refractivity contribution < 1.29 is 0 Å². The molecule has 0 radical (unpaired) electrons. The molecule has 0 aliphatic heterocycles. The van der Waals surface area contributed by atoms with Crippen LogP contribution in [0.1, 0.15) is 5.56 Å². The van der Waals surface area contributed by atoms with E-state index in [9.17, 15) is 5.26 Å². The number of hydrogen-bond acceptors (Lipinski definition) is 1. The first-order valence-electron chi connectivity index (χ1n) is 19.0. The van der Waals surface area contributed by atoms with Crippen molar-refractivity contribution >= 4 is 0 Å². The fraction of sp³-hybridized carbons (Fsp3) is 0. The minimum atomic E-state index is 0.660. The molecule has 0 heterocycles. The van der Waals surface area contributed by atoms with Crippen molar-refractivity contribution in [1.82, 2.24) is 0 Å². The van der Waals surface area contributed by atoms with Crippen molar-refractivity contribution in [2.24, 2.45) is 0 Å². The van der Waals surface area contributed by atoms with Crippen LogP contribution in [0.25, 0.3) is 89.0 Å². The van der Waals surface area contributed by atoms with Crippen LogP contribution in [0.4, 0.5) is 0 Å². The summed E-state index contributed by atoms with van der Waals surface area (Å²) in [6.07, 6.45) is 0. The Kier molecular flexibility index (Phi) is 9.45. The highest BCUT2D eigenvalue weighted by Crippen LogP contribution is 2.39. The fourth-order valence-electron chi connectivity index (χ4n) is 7.66. The van der Waals surface area contributed by atoms with Gasteiger partial charge in [-0.2, -0.15) is 5.26 Å². The van der Waals surface area contributed by atoms with E-state index in [1.165, 1.54) is 22.3 Å². The molecule has 0 bridgehead atoms. The number of benzene rings is 9. The number of rotatable bonds is 8. The van der Waals surface area contributed by atoms with Gasteiger partial charge in [0, 0.05) is 11.1 Å². The van der Waals surface area contributed by atoms with Gasteiger partial charge in [0.15, 0.2) is 0 Å². The highest BCUT2D eigenvalue weighted by atomic mass is 14.3. The Hall–Kier alpha value is -7.53. The molecule has 0 N–H and O–H groups in total. The molecule has 0 aromatic heterocycles. The second kappa shape index (κ2) is 15.4. The summed E-state index contributed by atoms with van der Waals surface area (Å²) in [5.41, 5.74) is 18.3. The Bertz CT molecular complexity index is 2530. The number of hydrogen-bond donors (Lipinski definition) is 0. The molecule has 0 saturated carbocycles. The number of nitrogens with zero attached hydrogens (tertiary/aromatic N) is 1. The molecule has 9 rings (SSSR count). The third kappa shape index (κ3) is 7.08. The lowest BCUT2D eigenvalue weighted by molar-refractivity contribution is 1.47. The molecule has 0 fully saturated rings. The summed E-state index contributed by atoms with van der Waals surface area (Å²) in [7, 11) is 0. The van der Waals surface area contributed by atoms with Gasteiger partial charge in [0.2, 0.25) is 0 Å². The Labute approximate surface area is 329 Å². The van der Waals surface area contributed by atoms with E-state index in [-0.39, 0.29) is 0 Å². The molecule has 0 unspecified atom stereocenters. The minimum absolute atomic E-state index is 0.660. The van der Waals surface area contributed by atoms with Gasteiger partial charge < -0.3 is 0 Å². The maximum absolute atomic E-state index is 10.8. The van der Waals surface area contributed by atoms with Crippen molar-refractivity contribution in [2.75, 3.05) is 0 Å². The predicted octanol–water partition coefficient (Wildman–Crippen LogP) is 14.9. The van der Waals surface area contributed by atoms with Crippen LogP contribution in [0.5, 0.6) is 0 Å². The van der Waals surface area contributed by atoms with Gasteiger partial charge in [-0.05, 0) is 126 Å². The van der Waals surface area contributed by atoms with E-state index in [2.05, 4.69) is 231 Å². The molecule has 1 nitrogen and oxygen atoms in total. The first-order valence-corrected chi connectivity index (χ1v) is 19.0. The fourth-order valence-corrected chi connectivity index (χ4v) is 7.66. The van der Waals surface area contributed by atoms with Crippen LogP contribution in [0, 0.1) is 11.3 Å². The molecule has 9 aromatic rings. The first kappa shape index (κ1) is 34.3. The third-order valence-corrected chi connectivity index (χ3v) is 10.5. The Balaban J connectivity index is 1.12. The molecular formula is C55H37N. The topological polar surface area (TPSA) is 23.8 Å². The van der Waals surface area contributed by atoms with Gasteiger partial charge >= 0.3 is 0 Å². The summed E-state index contributed by atoms with van der Waals surface area (Å²) >= 11 is 0. The Morgan fingerprint density at radius 3 is 0.750 bits per heavy atom. The molecule has 0 aliphatic carbocycles. The molecule has 0 aliphatic rings. The van der Waals surface area contributed by atoms with Crippen LogP contribution in [0.2, 0.25) is 0 Å². The quantitative estimate of drug-likeness (QED) is 0.154. The Morgan fingerprint density at radius 2 is 0.446 bits per heavy atom. The lowest BCUT2D eigenvalue weighted by Gasteiger charge is -2.15. The minimum Gasteiger partial charge on any atom is -0.192 e. The van der Waals surface area contributed by atoms with Gasteiger partial charge in [-0.1, -0.05) is 176 Å². The molecule has 0 amide bonds. The average molecular weight is 712 g/mol. The van der Waals surface area contributed by atoms with Crippen molar-refractivity contribution in [3.63, 3.8) is 0 Å². The van der Waals surface area contributed by atoms with E-state index >= 15 is 0 Å². The molecule has 0 saturated heterocycles. The zero-order valence-corrected chi connectivity index (χ0v) is 30.8. The van der Waals surface area contributed by atoms with Crippen LogP contribution < -0.4 is 0 Å². The van der Waals surface area contributed by atoms with Gasteiger partial charge in [0.1, 0.15) is 6.07 Å². The summed E-state index contributed by atoms with van der Waals surface area (Å²) in [5.74, 6) is 0. The molecule has 262 valence electrons. The molecule has 0 spiro atoms. The van der Waals surface area contributed by atoms with Gasteiger partial charge in [-0.25, -0.2) is 0 Å². The van der Waals surface area contributed by atoms with Gasteiger partial charge in [0.25, 0.3) is 0 Å². The molecule has 1 heteroatoms. The zero-order chi connectivity index (χ0) is 37.7. The van der Waals surface area contributed by atoms with Crippen molar-refractivity contribution in [3.05, 3.63) is 230 Å². The van der Waals surface area contributed by atoms with Gasteiger partial charge in [-0.3, -0.25) is 0 Å². The van der Waals surface area contributed by atoms with Crippen LogP contribution in [-0.4, -0.2) is 0 Å². The van der Waals surface area contributed by atoms with E-state index in [0.29, 0.717) is 5.56 Å². The van der Waals surface area contributed by atoms with Crippen LogP contribution in [-0.2, 0) is 0 Å². The van der Waals surface area contributed by atoms with E-state index in [1.807, 2.05) is 0 Å². The molecule has 0 atom stereocenters. The second-order valence-corrected chi connectivity index (χ2v) is 14.1. The summed E-state index contributed by atoms with van der Waals surface area (Å²) in [5, 5.41) is 10.8. The van der Waals surface area contributed by atoms with Crippen LogP contribution >= 0.6 is 0 Å². The van der Waals surface area contributed by atoms with Crippen LogP contribution in [0.3, 0.4) is 0 Å².